The van der Waals surface area contributed by atoms with Crippen molar-refractivity contribution in [3.63, 3.8) is 0 Å². The standard InChI is InChI=1S/C14H17N3O3S/c1-8-11(9(2)17-16-8)6-12(18)15-13(14(19)20-3)10-4-5-21-7-10/h4-5,7,13H,6H2,1-3H3,(H,15,18)(H,16,17)/t13-/m1/s1. The van der Waals surface area contributed by atoms with E-state index in [-0.39, 0.29) is 12.3 Å². The van der Waals surface area contributed by atoms with Crippen LogP contribution in [-0.2, 0) is 20.7 Å². The molecular formula is C14H17N3O3S. The summed E-state index contributed by atoms with van der Waals surface area (Å²) < 4.78 is 4.75. The quantitative estimate of drug-likeness (QED) is 0.823. The lowest BCUT2D eigenvalue weighted by molar-refractivity contribution is -0.145. The Labute approximate surface area is 126 Å². The fourth-order valence-corrected chi connectivity index (χ4v) is 2.73. The summed E-state index contributed by atoms with van der Waals surface area (Å²) in [5.41, 5.74) is 3.21. The van der Waals surface area contributed by atoms with Crippen LogP contribution in [0.15, 0.2) is 16.8 Å². The predicted molar refractivity (Wildman–Crippen MR) is 79.0 cm³/mol. The van der Waals surface area contributed by atoms with E-state index in [0.29, 0.717) is 0 Å². The van der Waals surface area contributed by atoms with Crippen LogP contribution in [0.5, 0.6) is 0 Å². The number of esters is 1. The Balaban J connectivity index is 2.10. The van der Waals surface area contributed by atoms with Gasteiger partial charge in [0.2, 0.25) is 5.91 Å². The fourth-order valence-electron chi connectivity index (χ4n) is 2.04. The van der Waals surface area contributed by atoms with Gasteiger partial charge in [0.05, 0.1) is 19.2 Å². The van der Waals surface area contributed by atoms with Crippen molar-refractivity contribution in [1.82, 2.24) is 15.5 Å². The van der Waals surface area contributed by atoms with Crippen LogP contribution in [0.25, 0.3) is 0 Å². The molecule has 0 bridgehead atoms. The number of aryl methyl sites for hydroxylation is 2. The first-order chi connectivity index (χ1) is 10.0. The Hall–Kier alpha value is -2.15. The molecule has 6 nitrogen and oxygen atoms in total. The van der Waals surface area contributed by atoms with Crippen LogP contribution in [0.3, 0.4) is 0 Å². The SMILES string of the molecule is COC(=O)[C@H](NC(=O)Cc1c(C)n[nH]c1C)c1ccsc1. The Bertz CT molecular complexity index is 614. The second kappa shape index (κ2) is 6.53. The molecule has 0 aromatic carbocycles. The first kappa shape index (κ1) is 15.2. The number of nitrogens with one attached hydrogen (secondary N) is 2. The van der Waals surface area contributed by atoms with Crippen LogP contribution in [0.1, 0.15) is 28.6 Å². The highest BCUT2D eigenvalue weighted by Crippen LogP contribution is 2.18. The minimum absolute atomic E-state index is 0.172. The van der Waals surface area contributed by atoms with E-state index in [0.717, 1.165) is 22.5 Å². The number of carbonyl (C=O) groups excluding carboxylic acids is 2. The maximum atomic E-state index is 12.2. The number of amides is 1. The summed E-state index contributed by atoms with van der Waals surface area (Å²) in [6.45, 7) is 3.70. The average molecular weight is 307 g/mol. The highest BCUT2D eigenvalue weighted by Gasteiger charge is 2.24. The van der Waals surface area contributed by atoms with Crippen molar-refractivity contribution in [3.8, 4) is 0 Å². The second-order valence-corrected chi connectivity index (χ2v) is 5.45. The molecule has 2 rings (SSSR count). The molecule has 1 amide bonds. The number of thiophene rings is 1. The summed E-state index contributed by atoms with van der Waals surface area (Å²) in [5, 5.41) is 13.3. The van der Waals surface area contributed by atoms with Crippen molar-refractivity contribution in [2.24, 2.45) is 0 Å². The highest BCUT2D eigenvalue weighted by atomic mass is 32.1. The van der Waals surface area contributed by atoms with Crippen LogP contribution in [0, 0.1) is 13.8 Å². The fraction of sp³-hybridized carbons (Fsp3) is 0.357. The third-order valence-electron chi connectivity index (χ3n) is 3.24. The van der Waals surface area contributed by atoms with Crippen molar-refractivity contribution >= 4 is 23.2 Å². The maximum absolute atomic E-state index is 12.2. The van der Waals surface area contributed by atoms with Gasteiger partial charge in [-0.25, -0.2) is 4.79 Å². The monoisotopic (exact) mass is 307 g/mol. The van der Waals surface area contributed by atoms with Gasteiger partial charge in [-0.05, 0) is 36.2 Å². The summed E-state index contributed by atoms with van der Waals surface area (Å²) >= 11 is 1.46. The Morgan fingerprint density at radius 3 is 2.76 bits per heavy atom. The van der Waals surface area contributed by atoms with Gasteiger partial charge in [0.15, 0.2) is 6.04 Å². The van der Waals surface area contributed by atoms with E-state index >= 15 is 0 Å². The summed E-state index contributed by atoms with van der Waals surface area (Å²) in [5.74, 6) is -0.730. The van der Waals surface area contributed by atoms with Crippen LogP contribution >= 0.6 is 11.3 Å². The molecule has 2 N–H and O–H groups in total. The van der Waals surface area contributed by atoms with Crippen LogP contribution in [0.4, 0.5) is 0 Å². The zero-order chi connectivity index (χ0) is 15.4. The molecule has 0 aliphatic carbocycles. The van der Waals surface area contributed by atoms with Crippen molar-refractivity contribution in [3.05, 3.63) is 39.3 Å². The van der Waals surface area contributed by atoms with Gasteiger partial charge in [-0.1, -0.05) is 0 Å². The van der Waals surface area contributed by atoms with E-state index in [4.69, 9.17) is 4.74 Å². The van der Waals surface area contributed by atoms with Crippen molar-refractivity contribution in [1.29, 1.82) is 0 Å². The number of aromatic nitrogens is 2. The van der Waals surface area contributed by atoms with Gasteiger partial charge in [0.25, 0.3) is 0 Å². The zero-order valence-corrected chi connectivity index (χ0v) is 12.9. The van der Waals surface area contributed by atoms with Gasteiger partial charge in [0, 0.05) is 11.3 Å². The number of hydrogen-bond donors (Lipinski definition) is 2. The first-order valence-corrected chi connectivity index (χ1v) is 7.37. The lowest BCUT2D eigenvalue weighted by Gasteiger charge is -2.15. The molecule has 0 radical (unpaired) electrons. The first-order valence-electron chi connectivity index (χ1n) is 6.42. The van der Waals surface area contributed by atoms with Gasteiger partial charge in [-0.3, -0.25) is 9.89 Å². The number of H-pyrrole nitrogens is 1. The zero-order valence-electron chi connectivity index (χ0n) is 12.1. The van der Waals surface area contributed by atoms with Crippen molar-refractivity contribution in [2.75, 3.05) is 7.11 Å². The van der Waals surface area contributed by atoms with E-state index in [1.807, 2.05) is 24.6 Å². The molecule has 0 aliphatic heterocycles. The van der Waals surface area contributed by atoms with Gasteiger partial charge >= 0.3 is 5.97 Å². The third kappa shape index (κ3) is 3.49. The molecule has 2 aromatic rings. The van der Waals surface area contributed by atoms with E-state index in [1.54, 1.807) is 6.07 Å². The summed E-state index contributed by atoms with van der Waals surface area (Å²) in [7, 11) is 1.30. The molecule has 0 saturated heterocycles. The van der Waals surface area contributed by atoms with Gasteiger partial charge in [-0.15, -0.1) is 0 Å². The number of nitrogens with zero attached hydrogens (tertiary/aromatic N) is 1. The predicted octanol–water partition coefficient (Wildman–Crippen LogP) is 1.66. The second-order valence-electron chi connectivity index (χ2n) is 4.67. The molecule has 112 valence electrons. The number of hydrogen-bond acceptors (Lipinski definition) is 5. The molecule has 7 heteroatoms. The molecule has 21 heavy (non-hydrogen) atoms. The minimum Gasteiger partial charge on any atom is -0.467 e. The molecular weight excluding hydrogens is 290 g/mol. The molecule has 0 spiro atoms. The Morgan fingerprint density at radius 1 is 1.48 bits per heavy atom. The molecule has 0 unspecified atom stereocenters. The topological polar surface area (TPSA) is 84.1 Å². The van der Waals surface area contributed by atoms with E-state index in [1.165, 1.54) is 18.4 Å². The number of carbonyl (C=O) groups is 2. The highest BCUT2D eigenvalue weighted by molar-refractivity contribution is 7.08. The van der Waals surface area contributed by atoms with E-state index < -0.39 is 12.0 Å². The lowest BCUT2D eigenvalue weighted by atomic mass is 10.1. The molecule has 0 aliphatic rings. The smallest absolute Gasteiger partial charge is 0.333 e. The van der Waals surface area contributed by atoms with Gasteiger partial charge in [0.1, 0.15) is 0 Å². The van der Waals surface area contributed by atoms with E-state index in [2.05, 4.69) is 15.5 Å². The van der Waals surface area contributed by atoms with Crippen molar-refractivity contribution in [2.45, 2.75) is 26.3 Å². The summed E-state index contributed by atoms with van der Waals surface area (Å²) in [6.07, 6.45) is 0.172. The number of methoxy groups -OCH3 is 1. The van der Waals surface area contributed by atoms with Crippen LogP contribution in [-0.4, -0.2) is 29.2 Å². The lowest BCUT2D eigenvalue weighted by Crippen LogP contribution is -2.35. The number of ether oxygens (including phenoxy) is 1. The Kier molecular flexibility index (Phi) is 4.74. The van der Waals surface area contributed by atoms with E-state index in [9.17, 15) is 9.59 Å². The summed E-state index contributed by atoms with van der Waals surface area (Å²) in [6, 6.07) is 1.02. The molecule has 0 saturated carbocycles. The number of rotatable bonds is 5. The van der Waals surface area contributed by atoms with Crippen LogP contribution in [0.2, 0.25) is 0 Å². The third-order valence-corrected chi connectivity index (χ3v) is 3.94. The molecule has 2 heterocycles. The number of aromatic amines is 1. The molecule has 2 aromatic heterocycles. The molecule has 1 atom stereocenters. The largest absolute Gasteiger partial charge is 0.467 e. The molecule has 0 fully saturated rings. The van der Waals surface area contributed by atoms with Crippen molar-refractivity contribution < 1.29 is 14.3 Å². The Morgan fingerprint density at radius 2 is 2.24 bits per heavy atom. The maximum Gasteiger partial charge on any atom is 0.333 e. The average Bonchev–Trinajstić information content (AvgIpc) is 3.09. The summed E-state index contributed by atoms with van der Waals surface area (Å²) in [4.78, 5) is 24.0. The minimum atomic E-state index is -0.777. The van der Waals surface area contributed by atoms with Crippen LogP contribution < -0.4 is 5.32 Å². The normalized spacial score (nSPS) is 12.0. The van der Waals surface area contributed by atoms with Gasteiger partial charge in [-0.2, -0.15) is 16.4 Å². The van der Waals surface area contributed by atoms with Gasteiger partial charge < -0.3 is 10.1 Å².